The average molecular weight is 251 g/mol. The summed E-state index contributed by atoms with van der Waals surface area (Å²) in [7, 11) is 0. The monoisotopic (exact) mass is 251 g/mol. The van der Waals surface area contributed by atoms with E-state index >= 15 is 0 Å². The van der Waals surface area contributed by atoms with Crippen LogP contribution in [0, 0.1) is 5.92 Å². The molecule has 5 heteroatoms. The van der Waals surface area contributed by atoms with E-state index in [0.717, 1.165) is 44.8 Å². The largest absolute Gasteiger partial charge is 0.476 e. The highest BCUT2D eigenvalue weighted by Gasteiger charge is 2.16. The average Bonchev–Trinajstić information content (AvgIpc) is 2.91. The number of rotatable bonds is 7. The molecule has 0 aromatic carbocycles. The Bertz CT molecular complexity index is 337. The van der Waals surface area contributed by atoms with Crippen LogP contribution in [-0.4, -0.2) is 36.6 Å². The summed E-state index contributed by atoms with van der Waals surface area (Å²) < 4.78 is 10.9. The van der Waals surface area contributed by atoms with Gasteiger partial charge >= 0.3 is 0 Å². The van der Waals surface area contributed by atoms with Crippen molar-refractivity contribution in [1.82, 2.24) is 15.5 Å². The molecular weight excluding hydrogens is 230 g/mol. The van der Waals surface area contributed by atoms with Gasteiger partial charge in [0.15, 0.2) is 0 Å². The van der Waals surface area contributed by atoms with Crippen molar-refractivity contribution < 1.29 is 9.47 Å². The molecule has 1 aliphatic heterocycles. The first-order chi connectivity index (χ1) is 8.88. The van der Waals surface area contributed by atoms with E-state index in [0.29, 0.717) is 18.4 Å². The maximum absolute atomic E-state index is 5.60. The lowest BCUT2D eigenvalue weighted by Gasteiger charge is -2.09. The van der Waals surface area contributed by atoms with Crippen LogP contribution in [0.1, 0.15) is 25.5 Å². The molecule has 1 aromatic heterocycles. The minimum absolute atomic E-state index is 0.498. The van der Waals surface area contributed by atoms with Crippen LogP contribution in [0.25, 0.3) is 0 Å². The predicted octanol–water partition coefficient (Wildman–Crippen LogP) is 1.39. The zero-order chi connectivity index (χ0) is 12.6. The Morgan fingerprint density at radius 1 is 1.44 bits per heavy atom. The summed E-state index contributed by atoms with van der Waals surface area (Å²) in [5.41, 5.74) is 0.944. The third-order valence-corrected chi connectivity index (χ3v) is 2.92. The number of aromatic nitrogens is 2. The highest BCUT2D eigenvalue weighted by Crippen LogP contribution is 2.14. The summed E-state index contributed by atoms with van der Waals surface area (Å²) in [6.07, 6.45) is 2.20. The van der Waals surface area contributed by atoms with Crippen LogP contribution in [0.15, 0.2) is 12.1 Å². The van der Waals surface area contributed by atoms with Crippen LogP contribution >= 0.6 is 0 Å². The maximum Gasteiger partial charge on any atom is 0.233 e. The van der Waals surface area contributed by atoms with Gasteiger partial charge in [0.1, 0.15) is 0 Å². The van der Waals surface area contributed by atoms with E-state index in [-0.39, 0.29) is 0 Å². The summed E-state index contributed by atoms with van der Waals surface area (Å²) >= 11 is 0. The van der Waals surface area contributed by atoms with E-state index in [2.05, 4.69) is 22.4 Å². The minimum atomic E-state index is 0.498. The Morgan fingerprint density at radius 2 is 2.39 bits per heavy atom. The van der Waals surface area contributed by atoms with Gasteiger partial charge in [-0.05, 0) is 25.5 Å². The van der Waals surface area contributed by atoms with Crippen molar-refractivity contribution in [2.24, 2.45) is 5.92 Å². The van der Waals surface area contributed by atoms with Crippen LogP contribution in [0.4, 0.5) is 0 Å². The second kappa shape index (κ2) is 7.28. The van der Waals surface area contributed by atoms with Crippen molar-refractivity contribution in [2.75, 3.05) is 26.4 Å². The third-order valence-electron chi connectivity index (χ3n) is 2.92. The molecule has 1 N–H and O–H groups in total. The van der Waals surface area contributed by atoms with Gasteiger partial charge in [-0.2, -0.15) is 5.10 Å². The van der Waals surface area contributed by atoms with Gasteiger partial charge in [-0.3, -0.25) is 0 Å². The minimum Gasteiger partial charge on any atom is -0.476 e. The molecule has 0 bridgehead atoms. The van der Waals surface area contributed by atoms with Crippen LogP contribution in [-0.2, 0) is 11.3 Å². The Hall–Kier alpha value is -1.20. The Morgan fingerprint density at radius 3 is 3.06 bits per heavy atom. The molecule has 5 nitrogen and oxygen atoms in total. The SMILES string of the molecule is CCCNCc1ccc(OCC2CCOC2)nn1. The van der Waals surface area contributed by atoms with Crippen LogP contribution in [0.5, 0.6) is 5.88 Å². The molecule has 1 atom stereocenters. The molecule has 0 radical (unpaired) electrons. The fraction of sp³-hybridized carbons (Fsp3) is 0.692. The van der Waals surface area contributed by atoms with Crippen molar-refractivity contribution in [3.8, 4) is 5.88 Å². The molecule has 18 heavy (non-hydrogen) atoms. The second-order valence-electron chi connectivity index (χ2n) is 4.58. The quantitative estimate of drug-likeness (QED) is 0.742. The lowest BCUT2D eigenvalue weighted by Crippen LogP contribution is -2.16. The Balaban J connectivity index is 1.72. The first kappa shape index (κ1) is 13.2. The van der Waals surface area contributed by atoms with E-state index in [4.69, 9.17) is 9.47 Å². The van der Waals surface area contributed by atoms with E-state index in [1.54, 1.807) is 0 Å². The van der Waals surface area contributed by atoms with Gasteiger partial charge in [0, 0.05) is 25.1 Å². The standard InChI is InChI=1S/C13H21N3O2/c1-2-6-14-8-12-3-4-13(16-15-12)18-10-11-5-7-17-9-11/h3-4,11,14H,2,5-10H2,1H3. The van der Waals surface area contributed by atoms with E-state index in [1.807, 2.05) is 12.1 Å². The molecule has 1 aromatic rings. The molecule has 1 saturated heterocycles. The smallest absolute Gasteiger partial charge is 0.233 e. The molecule has 0 aliphatic carbocycles. The summed E-state index contributed by atoms with van der Waals surface area (Å²) in [6, 6.07) is 3.84. The van der Waals surface area contributed by atoms with E-state index in [9.17, 15) is 0 Å². The van der Waals surface area contributed by atoms with Crippen molar-refractivity contribution in [1.29, 1.82) is 0 Å². The highest BCUT2D eigenvalue weighted by atomic mass is 16.5. The highest BCUT2D eigenvalue weighted by molar-refractivity contribution is 5.11. The first-order valence-electron chi connectivity index (χ1n) is 6.62. The van der Waals surface area contributed by atoms with Crippen LogP contribution in [0.3, 0.4) is 0 Å². The van der Waals surface area contributed by atoms with Gasteiger partial charge in [0.2, 0.25) is 5.88 Å². The zero-order valence-electron chi connectivity index (χ0n) is 10.9. The van der Waals surface area contributed by atoms with Crippen LogP contribution in [0.2, 0.25) is 0 Å². The topological polar surface area (TPSA) is 56.3 Å². The number of nitrogens with zero attached hydrogens (tertiary/aromatic N) is 2. The second-order valence-corrected chi connectivity index (χ2v) is 4.58. The Labute approximate surface area is 108 Å². The molecule has 1 aliphatic rings. The summed E-state index contributed by atoms with van der Waals surface area (Å²) in [4.78, 5) is 0. The summed E-state index contributed by atoms with van der Waals surface area (Å²) in [5.74, 6) is 1.10. The summed E-state index contributed by atoms with van der Waals surface area (Å²) in [5, 5.41) is 11.5. The van der Waals surface area contributed by atoms with Crippen molar-refractivity contribution in [3.63, 3.8) is 0 Å². The molecule has 0 amide bonds. The molecule has 0 saturated carbocycles. The van der Waals surface area contributed by atoms with E-state index in [1.165, 1.54) is 0 Å². The van der Waals surface area contributed by atoms with Gasteiger partial charge < -0.3 is 14.8 Å². The van der Waals surface area contributed by atoms with Gasteiger partial charge in [0.05, 0.1) is 18.9 Å². The number of ether oxygens (including phenoxy) is 2. The molecular formula is C13H21N3O2. The van der Waals surface area contributed by atoms with Gasteiger partial charge in [-0.15, -0.1) is 5.10 Å². The molecule has 2 rings (SSSR count). The molecule has 1 unspecified atom stereocenters. The first-order valence-corrected chi connectivity index (χ1v) is 6.62. The normalized spacial score (nSPS) is 19.1. The van der Waals surface area contributed by atoms with Gasteiger partial charge in [-0.1, -0.05) is 6.92 Å². The number of hydrogen-bond acceptors (Lipinski definition) is 5. The number of nitrogens with one attached hydrogen (secondary N) is 1. The molecule has 1 fully saturated rings. The molecule has 2 heterocycles. The van der Waals surface area contributed by atoms with Gasteiger partial charge in [-0.25, -0.2) is 0 Å². The van der Waals surface area contributed by atoms with Crippen molar-refractivity contribution >= 4 is 0 Å². The van der Waals surface area contributed by atoms with Crippen molar-refractivity contribution in [3.05, 3.63) is 17.8 Å². The fourth-order valence-electron chi connectivity index (χ4n) is 1.83. The molecule has 100 valence electrons. The summed E-state index contributed by atoms with van der Waals surface area (Å²) in [6.45, 7) is 6.22. The van der Waals surface area contributed by atoms with Gasteiger partial charge in [0.25, 0.3) is 0 Å². The lowest BCUT2D eigenvalue weighted by molar-refractivity contribution is 0.165. The van der Waals surface area contributed by atoms with Crippen LogP contribution < -0.4 is 10.1 Å². The predicted molar refractivity (Wildman–Crippen MR) is 68.5 cm³/mol. The lowest BCUT2D eigenvalue weighted by atomic mass is 10.1. The van der Waals surface area contributed by atoms with Crippen molar-refractivity contribution in [2.45, 2.75) is 26.3 Å². The fourth-order valence-corrected chi connectivity index (χ4v) is 1.83. The van der Waals surface area contributed by atoms with E-state index < -0.39 is 0 Å². The number of hydrogen-bond donors (Lipinski definition) is 1. The zero-order valence-corrected chi connectivity index (χ0v) is 10.9. The Kier molecular flexibility index (Phi) is 5.36. The molecule has 0 spiro atoms. The third kappa shape index (κ3) is 4.23. The maximum atomic E-state index is 5.60.